The fraction of sp³-hybridized carbons (Fsp3) is 0.625. The molecule has 0 bridgehead atoms. The Morgan fingerprint density at radius 1 is 1.35 bits per heavy atom. The number of hydrogen-bond donors (Lipinski definition) is 1. The summed E-state index contributed by atoms with van der Waals surface area (Å²) >= 11 is 6.39. The molecule has 128 valence electrons. The Morgan fingerprint density at radius 2 is 2.09 bits per heavy atom. The molecule has 1 aliphatic heterocycles. The number of ether oxygens (including phenoxy) is 1. The Morgan fingerprint density at radius 3 is 2.74 bits per heavy atom. The van der Waals surface area contributed by atoms with Crippen molar-refractivity contribution in [3.63, 3.8) is 0 Å². The normalized spacial score (nSPS) is 16.2. The largest absolute Gasteiger partial charge is 0.444 e. The molecule has 2 rings (SSSR count). The van der Waals surface area contributed by atoms with Gasteiger partial charge in [0.15, 0.2) is 0 Å². The molecule has 0 radical (unpaired) electrons. The summed E-state index contributed by atoms with van der Waals surface area (Å²) in [6.07, 6.45) is 2.29. The molecule has 1 aliphatic rings. The second kappa shape index (κ2) is 7.36. The molecule has 0 aromatic carbocycles. The standard InChI is InChI=1S/C16H25ClN4O2/c1-16(2,3)23-15(22)21-8-4-7-20(9-10-21)14-13(17)12(11-18)5-6-19-14/h5-6H,4,7-11,18H2,1-3H3. The van der Waals surface area contributed by atoms with Gasteiger partial charge in [0.05, 0.1) is 5.02 Å². The molecule has 2 heterocycles. The molecule has 7 heteroatoms. The zero-order chi connectivity index (χ0) is 17.0. The average molecular weight is 341 g/mol. The van der Waals surface area contributed by atoms with Crippen LogP contribution in [0.25, 0.3) is 0 Å². The number of nitrogens with two attached hydrogens (primary N) is 1. The van der Waals surface area contributed by atoms with E-state index >= 15 is 0 Å². The van der Waals surface area contributed by atoms with Gasteiger partial charge in [-0.2, -0.15) is 0 Å². The highest BCUT2D eigenvalue weighted by atomic mass is 35.5. The highest BCUT2D eigenvalue weighted by molar-refractivity contribution is 6.33. The number of rotatable bonds is 2. The van der Waals surface area contributed by atoms with E-state index < -0.39 is 5.60 Å². The van der Waals surface area contributed by atoms with Crippen LogP contribution in [0, 0.1) is 0 Å². The maximum Gasteiger partial charge on any atom is 0.410 e. The molecule has 0 spiro atoms. The first kappa shape index (κ1) is 17.8. The molecule has 1 amide bonds. The maximum atomic E-state index is 12.2. The van der Waals surface area contributed by atoms with Crippen LogP contribution in [0.15, 0.2) is 12.3 Å². The summed E-state index contributed by atoms with van der Waals surface area (Å²) < 4.78 is 5.44. The predicted octanol–water partition coefficient (Wildman–Crippen LogP) is 2.64. The Bertz CT molecular complexity index is 560. The minimum Gasteiger partial charge on any atom is -0.444 e. The van der Waals surface area contributed by atoms with E-state index in [1.54, 1.807) is 11.1 Å². The lowest BCUT2D eigenvalue weighted by molar-refractivity contribution is 0.0263. The Balaban J connectivity index is 2.06. The summed E-state index contributed by atoms with van der Waals surface area (Å²) in [5.41, 5.74) is 6.10. The van der Waals surface area contributed by atoms with E-state index in [1.165, 1.54) is 0 Å². The lowest BCUT2D eigenvalue weighted by atomic mass is 10.2. The molecule has 6 nitrogen and oxygen atoms in total. The van der Waals surface area contributed by atoms with Crippen LogP contribution in [-0.2, 0) is 11.3 Å². The number of nitrogens with zero attached hydrogens (tertiary/aromatic N) is 3. The SMILES string of the molecule is CC(C)(C)OC(=O)N1CCCN(c2nccc(CN)c2Cl)CC1. The van der Waals surface area contributed by atoms with Gasteiger partial charge in [-0.25, -0.2) is 9.78 Å². The number of anilines is 1. The summed E-state index contributed by atoms with van der Waals surface area (Å²) in [6.45, 7) is 8.71. The van der Waals surface area contributed by atoms with Crippen molar-refractivity contribution in [3.8, 4) is 0 Å². The lowest BCUT2D eigenvalue weighted by Gasteiger charge is -2.27. The Hall–Kier alpha value is -1.53. The molecule has 1 saturated heterocycles. The van der Waals surface area contributed by atoms with Crippen LogP contribution in [0.4, 0.5) is 10.6 Å². The van der Waals surface area contributed by atoms with Gasteiger partial charge < -0.3 is 20.3 Å². The zero-order valence-corrected chi connectivity index (χ0v) is 14.8. The molecule has 0 unspecified atom stereocenters. The van der Waals surface area contributed by atoms with Gasteiger partial charge in [0.2, 0.25) is 0 Å². The minimum absolute atomic E-state index is 0.269. The van der Waals surface area contributed by atoms with Crippen LogP contribution in [-0.4, -0.2) is 47.8 Å². The van der Waals surface area contributed by atoms with Crippen molar-refractivity contribution in [1.29, 1.82) is 0 Å². The van der Waals surface area contributed by atoms with Crippen LogP contribution in [0.1, 0.15) is 32.8 Å². The minimum atomic E-state index is -0.483. The number of pyridine rings is 1. The smallest absolute Gasteiger partial charge is 0.410 e. The maximum absolute atomic E-state index is 12.2. The Labute approximate surface area is 142 Å². The topological polar surface area (TPSA) is 71.7 Å². The first-order valence-corrected chi connectivity index (χ1v) is 8.26. The van der Waals surface area contributed by atoms with E-state index in [-0.39, 0.29) is 6.09 Å². The number of halogens is 1. The first-order valence-electron chi connectivity index (χ1n) is 7.88. The molecule has 0 aliphatic carbocycles. The molecule has 1 fully saturated rings. The first-order chi connectivity index (χ1) is 10.8. The van der Waals surface area contributed by atoms with Gasteiger partial charge in [0.1, 0.15) is 11.4 Å². The van der Waals surface area contributed by atoms with Crippen LogP contribution in [0.5, 0.6) is 0 Å². The molecular weight excluding hydrogens is 316 g/mol. The second-order valence-corrected chi connectivity index (χ2v) is 7.00. The molecule has 1 aromatic heterocycles. The summed E-state index contributed by atoms with van der Waals surface area (Å²) in [7, 11) is 0. The number of amides is 1. The van der Waals surface area contributed by atoms with Gasteiger partial charge in [0, 0.05) is 38.9 Å². The van der Waals surface area contributed by atoms with Crippen molar-refractivity contribution in [3.05, 3.63) is 22.8 Å². The van der Waals surface area contributed by atoms with Gasteiger partial charge in [-0.3, -0.25) is 0 Å². The van der Waals surface area contributed by atoms with Crippen molar-refractivity contribution >= 4 is 23.5 Å². The van der Waals surface area contributed by atoms with Gasteiger partial charge in [-0.15, -0.1) is 0 Å². The van der Waals surface area contributed by atoms with Crippen LogP contribution in [0.3, 0.4) is 0 Å². The monoisotopic (exact) mass is 340 g/mol. The quantitative estimate of drug-likeness (QED) is 0.896. The van der Waals surface area contributed by atoms with Crippen molar-refractivity contribution in [2.75, 3.05) is 31.1 Å². The van der Waals surface area contributed by atoms with Gasteiger partial charge in [-0.1, -0.05) is 11.6 Å². The van der Waals surface area contributed by atoms with E-state index in [9.17, 15) is 4.79 Å². The highest BCUT2D eigenvalue weighted by Gasteiger charge is 2.25. The second-order valence-electron chi connectivity index (χ2n) is 6.62. The van der Waals surface area contributed by atoms with E-state index in [4.69, 9.17) is 22.1 Å². The Kier molecular flexibility index (Phi) is 5.70. The third-order valence-corrected chi connectivity index (χ3v) is 4.03. The van der Waals surface area contributed by atoms with Gasteiger partial charge >= 0.3 is 6.09 Å². The lowest BCUT2D eigenvalue weighted by Crippen LogP contribution is -2.39. The number of carbonyl (C=O) groups is 1. The fourth-order valence-corrected chi connectivity index (χ4v) is 2.80. The van der Waals surface area contributed by atoms with Crippen molar-refractivity contribution < 1.29 is 9.53 Å². The van der Waals surface area contributed by atoms with Crippen LogP contribution < -0.4 is 10.6 Å². The predicted molar refractivity (Wildman–Crippen MR) is 91.8 cm³/mol. The average Bonchev–Trinajstić information content (AvgIpc) is 2.71. The number of hydrogen-bond acceptors (Lipinski definition) is 5. The van der Waals surface area contributed by atoms with Gasteiger partial charge in [-0.05, 0) is 38.8 Å². The molecule has 2 N–H and O–H groups in total. The number of aromatic nitrogens is 1. The molecule has 0 atom stereocenters. The molecule has 0 saturated carbocycles. The third kappa shape index (κ3) is 4.72. The molecular formula is C16H25ClN4O2. The summed E-state index contributed by atoms with van der Waals surface area (Å²) in [5.74, 6) is 0.737. The number of carbonyl (C=O) groups excluding carboxylic acids is 1. The van der Waals surface area contributed by atoms with Gasteiger partial charge in [0.25, 0.3) is 0 Å². The summed E-state index contributed by atoms with van der Waals surface area (Å²) in [4.78, 5) is 20.4. The highest BCUT2D eigenvalue weighted by Crippen LogP contribution is 2.27. The van der Waals surface area contributed by atoms with E-state index in [0.717, 1.165) is 24.3 Å². The van der Waals surface area contributed by atoms with E-state index in [2.05, 4.69) is 9.88 Å². The zero-order valence-electron chi connectivity index (χ0n) is 14.0. The summed E-state index contributed by atoms with van der Waals surface area (Å²) in [6, 6.07) is 1.83. The fourth-order valence-electron chi connectivity index (χ4n) is 2.49. The van der Waals surface area contributed by atoms with E-state index in [1.807, 2.05) is 26.8 Å². The van der Waals surface area contributed by atoms with Crippen molar-refractivity contribution in [2.24, 2.45) is 5.73 Å². The summed E-state index contributed by atoms with van der Waals surface area (Å²) in [5, 5.41) is 0.598. The van der Waals surface area contributed by atoms with Crippen molar-refractivity contribution in [1.82, 2.24) is 9.88 Å². The van der Waals surface area contributed by atoms with E-state index in [0.29, 0.717) is 31.2 Å². The molecule has 23 heavy (non-hydrogen) atoms. The van der Waals surface area contributed by atoms with Crippen LogP contribution >= 0.6 is 11.6 Å². The van der Waals surface area contributed by atoms with Crippen molar-refractivity contribution in [2.45, 2.75) is 39.3 Å². The van der Waals surface area contributed by atoms with Crippen LogP contribution in [0.2, 0.25) is 5.02 Å². The molecule has 1 aromatic rings. The third-order valence-electron chi connectivity index (χ3n) is 3.62.